The lowest BCUT2D eigenvalue weighted by Crippen LogP contribution is -2.64. The van der Waals surface area contributed by atoms with Gasteiger partial charge in [-0.05, 0) is 77.0 Å². The molecule has 0 aromatic carbocycles. The molecule has 2 rings (SSSR count). The maximum absolute atomic E-state index is 13.0. The highest BCUT2D eigenvalue weighted by atomic mass is 31.2. The lowest BCUT2D eigenvalue weighted by molar-refractivity contribution is -0.216. The summed E-state index contributed by atoms with van der Waals surface area (Å²) in [7, 11) is -10.7. The molecule has 1 saturated heterocycles. The molecule has 7 unspecified atom stereocenters. The van der Waals surface area contributed by atoms with Gasteiger partial charge in [0.25, 0.3) is 0 Å². The number of hydrogen-bond donors (Lipinski definition) is 7. The second-order valence-electron chi connectivity index (χ2n) is 17.2. The average Bonchev–Trinajstić information content (AvgIpc) is 4.03. The minimum Gasteiger partial charge on any atom is -0.462 e. The van der Waals surface area contributed by atoms with Crippen molar-refractivity contribution in [1.29, 1.82) is 0 Å². The highest BCUT2D eigenvalue weighted by Crippen LogP contribution is 2.49. The number of aliphatic hydroxyl groups is 4. The van der Waals surface area contributed by atoms with E-state index in [1.165, 1.54) is 38.5 Å². The number of unbranched alkanes of at least 4 members (excludes halogenated alkanes) is 14. The van der Waals surface area contributed by atoms with Crippen LogP contribution in [0.25, 0.3) is 0 Å². The van der Waals surface area contributed by atoms with E-state index in [2.05, 4.69) is 67.0 Å². The number of esters is 2. The Morgan fingerprint density at radius 2 is 1.06 bits per heavy atom. The molecular formula is C47H82O17P2. The number of allylic oxidation sites excluding steroid dienone is 7. The Labute approximate surface area is 392 Å². The first-order valence-corrected chi connectivity index (χ1v) is 27.3. The quantitative estimate of drug-likeness (QED) is 0.0100. The fourth-order valence-electron chi connectivity index (χ4n) is 7.39. The molecule has 2 fully saturated rings. The van der Waals surface area contributed by atoms with Gasteiger partial charge in [-0.15, -0.1) is 0 Å². The summed E-state index contributed by atoms with van der Waals surface area (Å²) in [6.45, 7) is 3.02. The monoisotopic (exact) mass is 981 g/mol. The number of aliphatic hydroxyl groups excluding tert-OH is 4. The first kappa shape index (κ1) is 60.0. The van der Waals surface area contributed by atoms with Crippen LogP contribution in [0.15, 0.2) is 48.6 Å². The van der Waals surface area contributed by atoms with E-state index in [0.29, 0.717) is 25.0 Å². The molecule has 0 aromatic heterocycles. The highest BCUT2D eigenvalue weighted by molar-refractivity contribution is 7.47. The van der Waals surface area contributed by atoms with Crippen LogP contribution in [0, 0.1) is 0 Å². The van der Waals surface area contributed by atoms with E-state index in [9.17, 15) is 53.8 Å². The van der Waals surface area contributed by atoms with Crippen LogP contribution in [0.3, 0.4) is 0 Å². The predicted octanol–water partition coefficient (Wildman–Crippen LogP) is 8.27. The number of ether oxygens (including phenoxy) is 3. The van der Waals surface area contributed by atoms with Gasteiger partial charge in [0.05, 0.1) is 18.8 Å². The fourth-order valence-corrected chi connectivity index (χ4v) is 8.93. The van der Waals surface area contributed by atoms with Crippen molar-refractivity contribution >= 4 is 27.6 Å². The molecule has 1 heterocycles. The van der Waals surface area contributed by atoms with E-state index < -0.39 is 83.5 Å². The van der Waals surface area contributed by atoms with Crippen molar-refractivity contribution in [2.24, 2.45) is 0 Å². The van der Waals surface area contributed by atoms with Crippen molar-refractivity contribution in [3.8, 4) is 0 Å². The van der Waals surface area contributed by atoms with Crippen molar-refractivity contribution in [2.75, 3.05) is 13.2 Å². The standard InChI is InChI=1S/C47H82O17P2/c1-3-5-7-8-9-10-11-12-13-14-15-16-17-18-23-26-30-34-41(49)61-37(36-60-66(57,58)64-47-44(52)42(50)43(51)46(45(47)53)63-65(54,55)56)35-59-40(48)33-29-25-22-20-19-21-24-28-32-39-38(62-39)31-27-6-4-2/h9-10,12-13,15-16,24,28,37-39,42-47,50-53H,3-8,11,14,17-23,25-27,29-36H2,1-2H3,(H,57,58)(H2,54,55,56)/b10-9-,13-12-,16-15-,28-24-/t37-,38?,39?,42?,43?,44?,45?,46-,47+/m1/s1. The third-order valence-corrected chi connectivity index (χ3v) is 12.8. The van der Waals surface area contributed by atoms with Gasteiger partial charge in [-0.25, -0.2) is 9.13 Å². The molecule has 382 valence electrons. The first-order chi connectivity index (χ1) is 31.6. The highest BCUT2D eigenvalue weighted by Gasteiger charge is 2.54. The van der Waals surface area contributed by atoms with Gasteiger partial charge in [0.15, 0.2) is 6.10 Å². The molecule has 1 saturated carbocycles. The molecule has 2 aliphatic rings. The second kappa shape index (κ2) is 35.1. The largest absolute Gasteiger partial charge is 0.472 e. The number of carbonyl (C=O) groups excluding carboxylic acids is 2. The zero-order valence-electron chi connectivity index (χ0n) is 39.3. The molecule has 0 radical (unpaired) electrons. The predicted molar refractivity (Wildman–Crippen MR) is 250 cm³/mol. The van der Waals surface area contributed by atoms with Gasteiger partial charge in [-0.1, -0.05) is 127 Å². The summed E-state index contributed by atoms with van der Waals surface area (Å²) in [5.74, 6) is -1.25. The number of rotatable bonds is 39. The topological polar surface area (TPSA) is 269 Å². The summed E-state index contributed by atoms with van der Waals surface area (Å²) >= 11 is 0. The molecule has 66 heavy (non-hydrogen) atoms. The minimum atomic E-state index is -5.37. The molecular weight excluding hydrogens is 898 g/mol. The molecule has 0 spiro atoms. The summed E-state index contributed by atoms with van der Waals surface area (Å²) in [6, 6.07) is 0. The first-order valence-electron chi connectivity index (χ1n) is 24.3. The van der Waals surface area contributed by atoms with Crippen LogP contribution >= 0.6 is 15.6 Å². The van der Waals surface area contributed by atoms with E-state index >= 15 is 0 Å². The number of phosphoric acid groups is 2. The summed E-state index contributed by atoms with van der Waals surface area (Å²) in [5, 5.41) is 41.3. The van der Waals surface area contributed by atoms with Gasteiger partial charge in [0.2, 0.25) is 0 Å². The maximum Gasteiger partial charge on any atom is 0.472 e. The number of epoxide rings is 1. The van der Waals surface area contributed by atoms with Crippen LogP contribution in [0.2, 0.25) is 0 Å². The molecule has 19 heteroatoms. The molecule has 7 N–H and O–H groups in total. The Hall–Kier alpha value is -2.08. The van der Waals surface area contributed by atoms with Crippen molar-refractivity contribution in [3.63, 3.8) is 0 Å². The smallest absolute Gasteiger partial charge is 0.462 e. The zero-order valence-corrected chi connectivity index (χ0v) is 41.1. The van der Waals surface area contributed by atoms with Gasteiger partial charge in [-0.3, -0.25) is 23.2 Å². The van der Waals surface area contributed by atoms with Gasteiger partial charge >= 0.3 is 27.6 Å². The normalized spacial score (nSPS) is 25.0. The van der Waals surface area contributed by atoms with E-state index in [4.69, 9.17) is 23.3 Å². The SMILES string of the molecule is CCCCC/C=C\C/C=C\C/C=C\CCCCCCC(=O)O[C@H](COC(=O)CCCCCCC/C=C\CC1OC1CCCCC)COP(=O)(O)O[C@H]1C(O)C(O)C(O)[C@@H](OP(=O)(O)O)C1O. The van der Waals surface area contributed by atoms with Gasteiger partial charge in [0.1, 0.15) is 43.2 Å². The molecule has 1 aliphatic heterocycles. The third-order valence-electron chi connectivity index (χ3n) is 11.3. The Bertz CT molecular complexity index is 1530. The van der Waals surface area contributed by atoms with E-state index in [1.807, 2.05) is 0 Å². The lowest BCUT2D eigenvalue weighted by Gasteiger charge is -2.43. The van der Waals surface area contributed by atoms with Crippen LogP contribution < -0.4 is 0 Å². The Morgan fingerprint density at radius 3 is 1.65 bits per heavy atom. The summed E-state index contributed by atoms with van der Waals surface area (Å²) in [4.78, 5) is 54.3. The van der Waals surface area contributed by atoms with Crippen LogP contribution in [0.1, 0.15) is 168 Å². The van der Waals surface area contributed by atoms with Crippen LogP contribution in [-0.4, -0.2) is 115 Å². The lowest BCUT2D eigenvalue weighted by atomic mass is 9.85. The molecule has 0 amide bonds. The molecule has 0 aromatic rings. The second-order valence-corrected chi connectivity index (χ2v) is 19.8. The van der Waals surface area contributed by atoms with Gasteiger partial charge in [-0.2, -0.15) is 0 Å². The van der Waals surface area contributed by atoms with E-state index in [-0.39, 0.29) is 12.8 Å². The van der Waals surface area contributed by atoms with Crippen molar-refractivity contribution < 1.29 is 81.6 Å². The molecule has 0 bridgehead atoms. The molecule has 1 aliphatic carbocycles. The van der Waals surface area contributed by atoms with Crippen LogP contribution in [-0.2, 0) is 46.5 Å². The average molecular weight is 981 g/mol. The zero-order chi connectivity index (χ0) is 48.6. The fraction of sp³-hybridized carbons (Fsp3) is 0.787. The maximum atomic E-state index is 13.0. The third kappa shape index (κ3) is 28.4. The van der Waals surface area contributed by atoms with E-state index in [1.54, 1.807) is 0 Å². The molecule has 10 atom stereocenters. The Kier molecular flexibility index (Phi) is 31.9. The van der Waals surface area contributed by atoms with Gasteiger partial charge < -0.3 is 49.3 Å². The summed E-state index contributed by atoms with van der Waals surface area (Å²) in [6.07, 6.45) is 25.2. The van der Waals surface area contributed by atoms with Crippen LogP contribution in [0.5, 0.6) is 0 Å². The van der Waals surface area contributed by atoms with Crippen LogP contribution in [0.4, 0.5) is 0 Å². The Morgan fingerprint density at radius 1 is 0.561 bits per heavy atom. The number of carbonyl (C=O) groups is 2. The summed E-state index contributed by atoms with van der Waals surface area (Å²) < 4.78 is 55.1. The van der Waals surface area contributed by atoms with Gasteiger partial charge in [0, 0.05) is 12.8 Å². The van der Waals surface area contributed by atoms with Crippen molar-refractivity contribution in [3.05, 3.63) is 48.6 Å². The van der Waals surface area contributed by atoms with Crippen molar-refractivity contribution in [2.45, 2.75) is 223 Å². The molecule has 17 nitrogen and oxygen atoms in total. The number of phosphoric ester groups is 2. The van der Waals surface area contributed by atoms with E-state index in [0.717, 1.165) is 89.9 Å². The Balaban J connectivity index is 1.80. The summed E-state index contributed by atoms with van der Waals surface area (Å²) in [5.41, 5.74) is 0. The minimum absolute atomic E-state index is 0.0113. The number of hydrogen-bond acceptors (Lipinski definition) is 14. The van der Waals surface area contributed by atoms with Crippen molar-refractivity contribution in [1.82, 2.24) is 0 Å².